The lowest BCUT2D eigenvalue weighted by Crippen LogP contribution is -2.26. The summed E-state index contributed by atoms with van der Waals surface area (Å²) in [6, 6.07) is 2.08. The second-order valence-corrected chi connectivity index (χ2v) is 3.99. The van der Waals surface area contributed by atoms with Crippen LogP contribution in [0.5, 0.6) is 0 Å². The van der Waals surface area contributed by atoms with Crippen LogP contribution in [0.25, 0.3) is 0 Å². The van der Waals surface area contributed by atoms with E-state index in [2.05, 4.69) is 27.3 Å². The first-order valence-electron chi connectivity index (χ1n) is 4.31. The van der Waals surface area contributed by atoms with Gasteiger partial charge in [0.2, 0.25) is 0 Å². The first-order valence-corrected chi connectivity index (χ1v) is 5.10. The molecule has 1 aliphatic rings. The summed E-state index contributed by atoms with van der Waals surface area (Å²) in [5.41, 5.74) is 1.34. The van der Waals surface area contributed by atoms with Gasteiger partial charge in [-0.25, -0.2) is 0 Å². The van der Waals surface area contributed by atoms with E-state index in [1.54, 1.807) is 0 Å². The molecule has 2 nitrogen and oxygen atoms in total. The maximum absolute atomic E-state index is 5.21. The zero-order chi connectivity index (χ0) is 8.39. The monoisotopic (exact) mass is 229 g/mol. The van der Waals surface area contributed by atoms with Crippen molar-refractivity contribution < 1.29 is 4.42 Å². The Hall–Kier alpha value is -0.280. The lowest BCUT2D eigenvalue weighted by atomic mass is 9.92. The van der Waals surface area contributed by atoms with Gasteiger partial charge in [0.15, 0.2) is 4.67 Å². The molecule has 1 fully saturated rings. The highest BCUT2D eigenvalue weighted by molar-refractivity contribution is 9.10. The summed E-state index contributed by atoms with van der Waals surface area (Å²) in [4.78, 5) is 0. The topological polar surface area (TPSA) is 25.2 Å². The molecule has 0 unspecified atom stereocenters. The maximum Gasteiger partial charge on any atom is 0.169 e. The molecule has 0 radical (unpaired) electrons. The normalized spacial score (nSPS) is 19.8. The molecule has 0 aliphatic carbocycles. The Labute approximate surface area is 80.5 Å². The molecule has 12 heavy (non-hydrogen) atoms. The number of hydrogen-bond acceptors (Lipinski definition) is 2. The number of hydrogen-bond donors (Lipinski definition) is 1. The standard InChI is InChI=1S/C9H12BrNO/c10-9-5-8(6-12-9)7-1-3-11-4-2-7/h5-7,11H,1-4H2. The zero-order valence-electron chi connectivity index (χ0n) is 6.85. The summed E-state index contributed by atoms with van der Waals surface area (Å²) in [6.45, 7) is 2.26. The van der Waals surface area contributed by atoms with E-state index >= 15 is 0 Å². The predicted octanol–water partition coefficient (Wildman–Crippen LogP) is 2.51. The molecular weight excluding hydrogens is 218 g/mol. The van der Waals surface area contributed by atoms with Gasteiger partial charge in [-0.1, -0.05) is 0 Å². The van der Waals surface area contributed by atoms with E-state index in [0.717, 1.165) is 17.8 Å². The van der Waals surface area contributed by atoms with Crippen molar-refractivity contribution >= 4 is 15.9 Å². The number of furan rings is 1. The Morgan fingerprint density at radius 1 is 1.42 bits per heavy atom. The fraction of sp³-hybridized carbons (Fsp3) is 0.556. The molecule has 1 N–H and O–H groups in total. The van der Waals surface area contributed by atoms with E-state index in [1.807, 2.05) is 6.26 Å². The molecule has 0 saturated carbocycles. The Balaban J connectivity index is 2.08. The van der Waals surface area contributed by atoms with Gasteiger partial charge in [0, 0.05) is 0 Å². The number of halogens is 1. The van der Waals surface area contributed by atoms with Crippen molar-refractivity contribution in [1.29, 1.82) is 0 Å². The molecule has 66 valence electrons. The van der Waals surface area contributed by atoms with Crippen LogP contribution in [0.15, 0.2) is 21.4 Å². The van der Waals surface area contributed by atoms with E-state index in [9.17, 15) is 0 Å². The molecule has 0 atom stereocenters. The van der Waals surface area contributed by atoms with Gasteiger partial charge >= 0.3 is 0 Å². The van der Waals surface area contributed by atoms with Gasteiger partial charge < -0.3 is 9.73 Å². The molecule has 0 amide bonds. The van der Waals surface area contributed by atoms with Crippen LogP contribution in [0.4, 0.5) is 0 Å². The van der Waals surface area contributed by atoms with Crippen LogP contribution >= 0.6 is 15.9 Å². The third-order valence-corrected chi connectivity index (χ3v) is 2.81. The lowest BCUT2D eigenvalue weighted by molar-refractivity contribution is 0.454. The van der Waals surface area contributed by atoms with Crippen molar-refractivity contribution in [1.82, 2.24) is 5.32 Å². The number of rotatable bonds is 1. The molecule has 1 aliphatic heterocycles. The molecule has 1 saturated heterocycles. The van der Waals surface area contributed by atoms with Gasteiger partial charge in [0.1, 0.15) is 0 Å². The van der Waals surface area contributed by atoms with Crippen molar-refractivity contribution in [2.45, 2.75) is 18.8 Å². The van der Waals surface area contributed by atoms with Crippen LogP contribution in [-0.4, -0.2) is 13.1 Å². The van der Waals surface area contributed by atoms with E-state index in [1.165, 1.54) is 18.4 Å². The molecule has 0 spiro atoms. The van der Waals surface area contributed by atoms with E-state index in [0.29, 0.717) is 5.92 Å². The van der Waals surface area contributed by atoms with Crippen LogP contribution in [0, 0.1) is 0 Å². The average molecular weight is 230 g/mol. The van der Waals surface area contributed by atoms with Crippen LogP contribution in [-0.2, 0) is 0 Å². The number of nitrogens with one attached hydrogen (secondary N) is 1. The van der Waals surface area contributed by atoms with Crippen LogP contribution in [0.3, 0.4) is 0 Å². The molecule has 3 heteroatoms. The first kappa shape index (κ1) is 8.32. The van der Waals surface area contributed by atoms with E-state index < -0.39 is 0 Å². The second-order valence-electron chi connectivity index (χ2n) is 3.21. The summed E-state index contributed by atoms with van der Waals surface area (Å²) in [5, 5.41) is 3.35. The predicted molar refractivity (Wildman–Crippen MR) is 51.3 cm³/mol. The SMILES string of the molecule is Brc1cc(C2CCNCC2)co1. The van der Waals surface area contributed by atoms with Gasteiger partial charge in [0.25, 0.3) is 0 Å². The molecule has 1 aromatic heterocycles. The molecular formula is C9H12BrNO. The molecule has 0 bridgehead atoms. The van der Waals surface area contributed by atoms with Gasteiger partial charge in [-0.3, -0.25) is 0 Å². The smallest absolute Gasteiger partial charge is 0.169 e. The second kappa shape index (κ2) is 3.62. The van der Waals surface area contributed by atoms with Crippen LogP contribution in [0.2, 0.25) is 0 Å². The zero-order valence-corrected chi connectivity index (χ0v) is 8.43. The Kier molecular flexibility index (Phi) is 2.51. The largest absolute Gasteiger partial charge is 0.457 e. The van der Waals surface area contributed by atoms with Crippen LogP contribution in [0.1, 0.15) is 24.3 Å². The minimum Gasteiger partial charge on any atom is -0.457 e. The van der Waals surface area contributed by atoms with E-state index in [-0.39, 0.29) is 0 Å². The highest BCUT2D eigenvalue weighted by atomic mass is 79.9. The van der Waals surface area contributed by atoms with Crippen molar-refractivity contribution in [2.24, 2.45) is 0 Å². The van der Waals surface area contributed by atoms with Crippen molar-refractivity contribution in [3.05, 3.63) is 22.6 Å². The summed E-state index contributed by atoms with van der Waals surface area (Å²) < 4.78 is 6.06. The van der Waals surface area contributed by atoms with E-state index in [4.69, 9.17) is 4.42 Å². The summed E-state index contributed by atoms with van der Waals surface area (Å²) >= 11 is 3.32. The molecule has 2 heterocycles. The summed E-state index contributed by atoms with van der Waals surface area (Å²) in [5.74, 6) is 0.696. The molecule has 1 aromatic rings. The average Bonchev–Trinajstić information content (AvgIpc) is 2.54. The van der Waals surface area contributed by atoms with Gasteiger partial charge in [-0.2, -0.15) is 0 Å². The third kappa shape index (κ3) is 1.72. The number of piperidine rings is 1. The Morgan fingerprint density at radius 3 is 2.75 bits per heavy atom. The minimum absolute atomic E-state index is 0.696. The summed E-state index contributed by atoms with van der Waals surface area (Å²) in [7, 11) is 0. The highest BCUT2D eigenvalue weighted by Crippen LogP contribution is 2.28. The quantitative estimate of drug-likeness (QED) is 0.801. The third-order valence-electron chi connectivity index (χ3n) is 2.40. The van der Waals surface area contributed by atoms with Gasteiger partial charge in [0.05, 0.1) is 6.26 Å². The lowest BCUT2D eigenvalue weighted by Gasteiger charge is -2.20. The van der Waals surface area contributed by atoms with Crippen LogP contribution < -0.4 is 5.32 Å². The molecule has 2 rings (SSSR count). The van der Waals surface area contributed by atoms with Crippen molar-refractivity contribution in [3.63, 3.8) is 0 Å². The van der Waals surface area contributed by atoms with Crippen molar-refractivity contribution in [2.75, 3.05) is 13.1 Å². The highest BCUT2D eigenvalue weighted by Gasteiger charge is 2.16. The van der Waals surface area contributed by atoms with Gasteiger partial charge in [-0.05, 0) is 59.4 Å². The van der Waals surface area contributed by atoms with Gasteiger partial charge in [-0.15, -0.1) is 0 Å². The van der Waals surface area contributed by atoms with Crippen molar-refractivity contribution in [3.8, 4) is 0 Å². The first-order chi connectivity index (χ1) is 5.86. The minimum atomic E-state index is 0.696. The fourth-order valence-corrected chi connectivity index (χ4v) is 2.05. The Morgan fingerprint density at radius 2 is 2.17 bits per heavy atom. The Bertz CT molecular complexity index is 253. The molecule has 0 aromatic carbocycles. The summed E-state index contributed by atoms with van der Waals surface area (Å²) in [6.07, 6.45) is 4.32. The maximum atomic E-state index is 5.21. The fourth-order valence-electron chi connectivity index (χ4n) is 1.69.